The molecule has 0 bridgehead atoms. The monoisotopic (exact) mass is 263 g/mol. The Morgan fingerprint density at radius 2 is 1.61 bits per heavy atom. The summed E-state index contributed by atoms with van der Waals surface area (Å²) in [5, 5.41) is 3.40. The lowest BCUT2D eigenvalue weighted by atomic mass is 10.1. The summed E-state index contributed by atoms with van der Waals surface area (Å²) in [6.07, 6.45) is 0.0558. The van der Waals surface area contributed by atoms with Gasteiger partial charge in [-0.25, -0.2) is 0 Å². The lowest BCUT2D eigenvalue weighted by Crippen LogP contribution is -2.43. The van der Waals surface area contributed by atoms with Crippen LogP contribution in [0.15, 0.2) is 0 Å². The van der Waals surface area contributed by atoms with Gasteiger partial charge in [0.05, 0.1) is 39.1 Å². The summed E-state index contributed by atoms with van der Waals surface area (Å²) in [5.74, 6) is 0. The molecule has 1 N–H and O–H groups in total. The van der Waals surface area contributed by atoms with Crippen molar-refractivity contribution in [2.45, 2.75) is 32.4 Å². The summed E-state index contributed by atoms with van der Waals surface area (Å²) in [7, 11) is 3.34. The van der Waals surface area contributed by atoms with Gasteiger partial charge in [-0.1, -0.05) is 0 Å². The van der Waals surface area contributed by atoms with Crippen molar-refractivity contribution in [2.24, 2.45) is 0 Å². The highest BCUT2D eigenvalue weighted by Gasteiger charge is 2.14. The zero-order valence-electron chi connectivity index (χ0n) is 12.5. The number of nitrogens with one attached hydrogen (secondary N) is 1. The lowest BCUT2D eigenvalue weighted by Gasteiger charge is -2.25. The number of hydrogen-bond donors (Lipinski definition) is 1. The van der Waals surface area contributed by atoms with Gasteiger partial charge in [0.15, 0.2) is 0 Å². The first-order valence-electron chi connectivity index (χ1n) is 6.42. The highest BCUT2D eigenvalue weighted by Crippen LogP contribution is 2.00. The SMILES string of the molecule is COCCOCCOC(CNC(C)(C)C)COC. The topological polar surface area (TPSA) is 49.0 Å². The minimum Gasteiger partial charge on any atom is -0.382 e. The molecule has 1 unspecified atom stereocenters. The first kappa shape index (κ1) is 17.8. The van der Waals surface area contributed by atoms with Crippen molar-refractivity contribution in [3.8, 4) is 0 Å². The molecule has 0 radical (unpaired) electrons. The number of methoxy groups -OCH3 is 2. The van der Waals surface area contributed by atoms with Gasteiger partial charge in [0, 0.05) is 26.3 Å². The van der Waals surface area contributed by atoms with Crippen LogP contribution in [-0.2, 0) is 18.9 Å². The molecule has 18 heavy (non-hydrogen) atoms. The molecule has 110 valence electrons. The fourth-order valence-corrected chi connectivity index (χ4v) is 1.29. The van der Waals surface area contributed by atoms with Crippen LogP contribution in [0.5, 0.6) is 0 Å². The average molecular weight is 263 g/mol. The van der Waals surface area contributed by atoms with E-state index in [1.54, 1.807) is 14.2 Å². The van der Waals surface area contributed by atoms with Gasteiger partial charge in [0.25, 0.3) is 0 Å². The second-order valence-corrected chi connectivity index (χ2v) is 5.18. The molecule has 0 saturated carbocycles. The van der Waals surface area contributed by atoms with Crippen LogP contribution in [0, 0.1) is 0 Å². The van der Waals surface area contributed by atoms with Crippen molar-refractivity contribution >= 4 is 0 Å². The van der Waals surface area contributed by atoms with Gasteiger partial charge in [-0.3, -0.25) is 0 Å². The Bertz CT molecular complexity index is 182. The van der Waals surface area contributed by atoms with Gasteiger partial charge in [-0.2, -0.15) is 0 Å². The van der Waals surface area contributed by atoms with Crippen molar-refractivity contribution in [1.82, 2.24) is 5.32 Å². The third-order valence-corrected chi connectivity index (χ3v) is 2.23. The maximum absolute atomic E-state index is 5.70. The molecule has 0 aromatic rings. The van der Waals surface area contributed by atoms with Gasteiger partial charge in [-0.15, -0.1) is 0 Å². The molecule has 5 heteroatoms. The molecule has 0 aliphatic heterocycles. The van der Waals surface area contributed by atoms with Crippen LogP contribution >= 0.6 is 0 Å². The molecule has 0 saturated heterocycles. The molecule has 0 aliphatic carbocycles. The number of rotatable bonds is 11. The van der Waals surface area contributed by atoms with Crippen LogP contribution in [0.1, 0.15) is 20.8 Å². The fourth-order valence-electron chi connectivity index (χ4n) is 1.29. The van der Waals surface area contributed by atoms with Crippen LogP contribution in [0.2, 0.25) is 0 Å². The van der Waals surface area contributed by atoms with Crippen LogP contribution < -0.4 is 5.32 Å². The van der Waals surface area contributed by atoms with Crippen molar-refractivity contribution in [3.63, 3.8) is 0 Å². The predicted octanol–water partition coefficient (Wildman–Crippen LogP) is 1.07. The zero-order chi connectivity index (χ0) is 13.9. The van der Waals surface area contributed by atoms with Gasteiger partial charge in [0.1, 0.15) is 0 Å². The molecule has 0 aromatic carbocycles. The fraction of sp³-hybridized carbons (Fsp3) is 1.00. The summed E-state index contributed by atoms with van der Waals surface area (Å²) in [5.41, 5.74) is 0.0876. The molecule has 5 nitrogen and oxygen atoms in total. The highest BCUT2D eigenvalue weighted by atomic mass is 16.6. The normalized spacial score (nSPS) is 13.8. The van der Waals surface area contributed by atoms with Crippen LogP contribution in [0.3, 0.4) is 0 Å². The molecule has 0 heterocycles. The highest BCUT2D eigenvalue weighted by molar-refractivity contribution is 4.73. The Labute approximate surface area is 111 Å². The van der Waals surface area contributed by atoms with E-state index in [2.05, 4.69) is 26.1 Å². The standard InChI is InChI=1S/C13H29NO4/c1-13(2,3)14-10-12(11-16-5)18-9-8-17-7-6-15-4/h12,14H,6-11H2,1-5H3. The number of hydrogen-bond acceptors (Lipinski definition) is 5. The van der Waals surface area contributed by atoms with Gasteiger partial charge < -0.3 is 24.3 Å². The summed E-state index contributed by atoms with van der Waals surface area (Å²) in [6.45, 7) is 10.1. The van der Waals surface area contributed by atoms with Gasteiger partial charge in [0.2, 0.25) is 0 Å². The van der Waals surface area contributed by atoms with E-state index in [1.807, 2.05) is 0 Å². The van der Waals surface area contributed by atoms with Crippen molar-refractivity contribution in [2.75, 3.05) is 53.8 Å². The largest absolute Gasteiger partial charge is 0.382 e. The molecule has 0 spiro atoms. The summed E-state index contributed by atoms with van der Waals surface area (Å²) < 4.78 is 21.1. The Kier molecular flexibility index (Phi) is 10.6. The summed E-state index contributed by atoms with van der Waals surface area (Å²) in [4.78, 5) is 0. The number of ether oxygens (including phenoxy) is 4. The van der Waals surface area contributed by atoms with E-state index < -0.39 is 0 Å². The predicted molar refractivity (Wildman–Crippen MR) is 72.1 cm³/mol. The molecule has 0 aliphatic rings. The minimum absolute atomic E-state index is 0.0558. The van der Waals surface area contributed by atoms with E-state index in [1.165, 1.54) is 0 Å². The maximum Gasteiger partial charge on any atom is 0.0933 e. The third-order valence-electron chi connectivity index (χ3n) is 2.23. The molecule has 1 atom stereocenters. The van der Waals surface area contributed by atoms with E-state index in [0.29, 0.717) is 33.0 Å². The summed E-state index contributed by atoms with van der Waals surface area (Å²) >= 11 is 0. The smallest absolute Gasteiger partial charge is 0.0933 e. The third kappa shape index (κ3) is 12.3. The second kappa shape index (κ2) is 10.7. The van der Waals surface area contributed by atoms with E-state index in [4.69, 9.17) is 18.9 Å². The van der Waals surface area contributed by atoms with Crippen LogP contribution in [-0.4, -0.2) is 65.4 Å². The quantitative estimate of drug-likeness (QED) is 0.565. The van der Waals surface area contributed by atoms with Crippen molar-refractivity contribution in [1.29, 1.82) is 0 Å². The lowest BCUT2D eigenvalue weighted by molar-refractivity contribution is -0.0344. The molecule has 0 amide bonds. The second-order valence-electron chi connectivity index (χ2n) is 5.18. The zero-order valence-corrected chi connectivity index (χ0v) is 12.5. The Balaban J connectivity index is 3.63. The van der Waals surface area contributed by atoms with Crippen molar-refractivity contribution < 1.29 is 18.9 Å². The molecule has 0 rings (SSSR count). The first-order chi connectivity index (χ1) is 8.49. The average Bonchev–Trinajstić information content (AvgIpc) is 2.29. The molecular formula is C13H29NO4. The van der Waals surface area contributed by atoms with Gasteiger partial charge in [-0.05, 0) is 20.8 Å². The minimum atomic E-state index is 0.0558. The Morgan fingerprint density at radius 1 is 0.944 bits per heavy atom. The van der Waals surface area contributed by atoms with Crippen LogP contribution in [0.25, 0.3) is 0 Å². The molecule has 0 fully saturated rings. The van der Waals surface area contributed by atoms with E-state index in [-0.39, 0.29) is 11.6 Å². The van der Waals surface area contributed by atoms with Crippen molar-refractivity contribution in [3.05, 3.63) is 0 Å². The Hall–Kier alpha value is -0.200. The van der Waals surface area contributed by atoms with Gasteiger partial charge >= 0.3 is 0 Å². The maximum atomic E-state index is 5.70. The first-order valence-corrected chi connectivity index (χ1v) is 6.42. The van der Waals surface area contributed by atoms with E-state index in [9.17, 15) is 0 Å². The molecular weight excluding hydrogens is 234 g/mol. The van der Waals surface area contributed by atoms with Crippen LogP contribution in [0.4, 0.5) is 0 Å². The van der Waals surface area contributed by atoms with E-state index >= 15 is 0 Å². The van der Waals surface area contributed by atoms with E-state index in [0.717, 1.165) is 6.54 Å². The molecule has 0 aromatic heterocycles. The Morgan fingerprint density at radius 3 is 2.17 bits per heavy atom. The summed E-state index contributed by atoms with van der Waals surface area (Å²) in [6, 6.07) is 0.